The molecule has 0 aromatic rings. The van der Waals surface area contributed by atoms with E-state index >= 15 is 0 Å². The quantitative estimate of drug-likeness (QED) is 0.0509. The first-order valence-corrected chi connectivity index (χ1v) is 19.6. The van der Waals surface area contributed by atoms with Crippen molar-refractivity contribution in [2.75, 3.05) is 57.6 Å². The maximum absolute atomic E-state index is 12.6. The Kier molecular flexibility index (Phi) is 18.6. The van der Waals surface area contributed by atoms with Gasteiger partial charge < -0.3 is 105 Å². The molecule has 0 aromatic carbocycles. The van der Waals surface area contributed by atoms with Crippen LogP contribution in [0.25, 0.3) is 0 Å². The average Bonchev–Trinajstić information content (AvgIpc) is 3.55. The summed E-state index contributed by atoms with van der Waals surface area (Å²) in [6, 6.07) is 0. The Labute approximate surface area is 330 Å². The predicted octanol–water partition coefficient (Wildman–Crippen LogP) is -5.39. The summed E-state index contributed by atoms with van der Waals surface area (Å²) in [5, 5.41) is 98.1. The first-order valence-electron chi connectivity index (χ1n) is 18.4. The van der Waals surface area contributed by atoms with Crippen molar-refractivity contribution < 1.29 is 103 Å². The van der Waals surface area contributed by atoms with Gasteiger partial charge in [-0.25, -0.2) is 14.4 Å². The molecule has 16 atom stereocenters. The van der Waals surface area contributed by atoms with Gasteiger partial charge in [-0.2, -0.15) is 11.8 Å². The van der Waals surface area contributed by atoms with Crippen LogP contribution in [0, 0.1) is 0 Å². The molecule has 57 heavy (non-hydrogen) atoms. The number of carbonyl (C=O) groups is 3. The smallest absolute Gasteiger partial charge is 0.407 e. The van der Waals surface area contributed by atoms with Crippen LogP contribution < -0.4 is 16.4 Å². The van der Waals surface area contributed by atoms with E-state index in [9.17, 15) is 60.3 Å². The fourth-order valence-corrected chi connectivity index (χ4v) is 7.05. The van der Waals surface area contributed by atoms with Gasteiger partial charge in [-0.3, -0.25) is 0 Å². The molecule has 4 heterocycles. The molecule has 4 fully saturated rings. The lowest BCUT2D eigenvalue weighted by Crippen LogP contribution is -2.66. The number of hydrogen-bond acceptors (Lipinski definition) is 22. The number of carboxylic acids is 1. The van der Waals surface area contributed by atoms with E-state index < -0.39 is 136 Å². The van der Waals surface area contributed by atoms with Gasteiger partial charge in [-0.15, -0.1) is 0 Å². The summed E-state index contributed by atoms with van der Waals surface area (Å²) in [6.45, 7) is -0.580. The third-order valence-corrected chi connectivity index (χ3v) is 10.5. The number of rotatable bonds is 20. The van der Waals surface area contributed by atoms with Gasteiger partial charge in [0.25, 0.3) is 5.79 Å². The lowest BCUT2D eigenvalue weighted by Gasteiger charge is -2.47. The highest BCUT2D eigenvalue weighted by atomic mass is 32.2. The Hall–Kier alpha value is -2.28. The number of aliphatic carboxylic acids is 1. The van der Waals surface area contributed by atoms with Crippen molar-refractivity contribution in [2.24, 2.45) is 5.73 Å². The number of carbonyl (C=O) groups excluding carboxylic acids is 2. The molecule has 2 amide bonds. The van der Waals surface area contributed by atoms with Gasteiger partial charge in [0.05, 0.1) is 19.8 Å². The van der Waals surface area contributed by atoms with Crippen molar-refractivity contribution in [3.05, 3.63) is 0 Å². The maximum atomic E-state index is 12.6. The summed E-state index contributed by atoms with van der Waals surface area (Å²) < 4.78 is 49.3. The van der Waals surface area contributed by atoms with Crippen LogP contribution in [-0.2, 0) is 47.4 Å². The van der Waals surface area contributed by atoms with Crippen LogP contribution >= 0.6 is 11.8 Å². The average molecular weight is 850 g/mol. The van der Waals surface area contributed by atoms with Crippen molar-refractivity contribution in [2.45, 2.75) is 124 Å². The maximum Gasteiger partial charge on any atom is 0.407 e. The van der Waals surface area contributed by atoms with Crippen LogP contribution in [0.5, 0.6) is 0 Å². The standard InChI is InChI=1S/C32H55N3O21S/c1-32(29(44)45)55-25-22(43)24(54-27-21(42)19(40)23(15(12-37)51-27)53-26-20(41)18(39)17(38)14(11-36)50-26)16(52-28(25)56-32)13-49-31(47)35-7-6-34-30(46)48-8-3-2-4-9-57-10-5-33/h14-28,36-43H,2-13,33H2,1H3,(H,34,46)(H,35,47)(H,44,45)/t14?,15?,16?,17-,18-,19+,20?,21?,22-,23-,24+,25?,26+,27-,28+,32-/m0/s1. The van der Waals surface area contributed by atoms with Crippen LogP contribution in [0.3, 0.4) is 0 Å². The number of carboxylic acid groups (broad SMARTS) is 1. The first kappa shape index (κ1) is 47.4. The Morgan fingerprint density at radius 1 is 0.702 bits per heavy atom. The number of unbranched alkanes of at least 4 members (excludes halogenated alkanes) is 2. The second kappa shape index (κ2) is 22.4. The minimum absolute atomic E-state index is 0.0247. The van der Waals surface area contributed by atoms with Crippen molar-refractivity contribution in [1.82, 2.24) is 10.6 Å². The number of aliphatic hydroxyl groups is 8. The van der Waals surface area contributed by atoms with E-state index in [0.717, 1.165) is 31.3 Å². The minimum atomic E-state index is -2.28. The summed E-state index contributed by atoms with van der Waals surface area (Å²) in [6.07, 6.45) is -24.9. The van der Waals surface area contributed by atoms with E-state index in [1.807, 2.05) is 0 Å². The fourth-order valence-electron chi connectivity index (χ4n) is 6.27. The third kappa shape index (κ3) is 12.4. The van der Waals surface area contributed by atoms with Crippen molar-refractivity contribution in [1.29, 1.82) is 0 Å². The zero-order valence-electron chi connectivity index (χ0n) is 31.1. The molecule has 0 saturated carbocycles. The van der Waals surface area contributed by atoms with Crippen LogP contribution in [0.1, 0.15) is 26.2 Å². The molecule has 25 heteroatoms. The minimum Gasteiger partial charge on any atom is -0.477 e. The number of thioether (sulfide) groups is 1. The van der Waals surface area contributed by atoms with Gasteiger partial charge in [0.2, 0.25) is 0 Å². The Morgan fingerprint density at radius 3 is 1.91 bits per heavy atom. The van der Waals surface area contributed by atoms with Crippen LogP contribution in [-0.4, -0.2) is 220 Å². The van der Waals surface area contributed by atoms with Crippen molar-refractivity contribution in [3.63, 3.8) is 0 Å². The van der Waals surface area contributed by atoms with Gasteiger partial charge in [0.1, 0.15) is 79.9 Å². The molecular weight excluding hydrogens is 794 g/mol. The summed E-state index contributed by atoms with van der Waals surface area (Å²) in [5.41, 5.74) is 5.45. The van der Waals surface area contributed by atoms with Crippen LogP contribution in [0.15, 0.2) is 0 Å². The molecule has 0 radical (unpaired) electrons. The molecule has 0 aromatic heterocycles. The number of ether oxygens (including phenoxy) is 9. The Bertz CT molecular complexity index is 1280. The molecule has 330 valence electrons. The molecule has 4 aliphatic heterocycles. The molecule has 4 saturated heterocycles. The highest BCUT2D eigenvalue weighted by Crippen LogP contribution is 2.39. The normalized spacial score (nSPS) is 39.2. The molecule has 0 spiro atoms. The first-order chi connectivity index (χ1) is 27.1. The third-order valence-electron chi connectivity index (χ3n) is 9.43. The van der Waals surface area contributed by atoms with Gasteiger partial charge in [0.15, 0.2) is 18.9 Å². The number of nitrogens with two attached hydrogens (primary N) is 1. The van der Waals surface area contributed by atoms with E-state index in [1.54, 1.807) is 11.8 Å². The zero-order valence-corrected chi connectivity index (χ0v) is 31.9. The monoisotopic (exact) mass is 849 g/mol. The van der Waals surface area contributed by atoms with E-state index in [1.165, 1.54) is 0 Å². The van der Waals surface area contributed by atoms with Crippen LogP contribution in [0.4, 0.5) is 9.59 Å². The summed E-state index contributed by atoms with van der Waals surface area (Å²) >= 11 is 1.76. The highest BCUT2D eigenvalue weighted by molar-refractivity contribution is 7.99. The molecule has 0 bridgehead atoms. The molecule has 4 rings (SSSR count). The number of fused-ring (bicyclic) bond motifs is 1. The van der Waals surface area contributed by atoms with Gasteiger partial charge in [0, 0.05) is 32.3 Å². The lowest BCUT2D eigenvalue weighted by molar-refractivity contribution is -0.374. The molecular formula is C32H55N3O21S. The van der Waals surface area contributed by atoms with Gasteiger partial charge >= 0.3 is 18.2 Å². The Balaban J connectivity index is 1.33. The zero-order chi connectivity index (χ0) is 41.9. The molecule has 13 N–H and O–H groups in total. The number of alkyl carbamates (subject to hydrolysis) is 2. The van der Waals surface area contributed by atoms with Crippen LogP contribution in [0.2, 0.25) is 0 Å². The number of nitrogens with one attached hydrogen (secondary N) is 2. The van der Waals surface area contributed by atoms with Gasteiger partial charge in [-0.05, 0) is 25.0 Å². The van der Waals surface area contributed by atoms with E-state index in [0.29, 0.717) is 13.0 Å². The van der Waals surface area contributed by atoms with E-state index in [4.69, 9.17) is 48.4 Å². The highest BCUT2D eigenvalue weighted by Gasteiger charge is 2.60. The summed E-state index contributed by atoms with van der Waals surface area (Å²) in [4.78, 5) is 36.3. The van der Waals surface area contributed by atoms with Crippen molar-refractivity contribution >= 4 is 29.9 Å². The predicted molar refractivity (Wildman–Crippen MR) is 187 cm³/mol. The molecule has 24 nitrogen and oxygen atoms in total. The van der Waals surface area contributed by atoms with E-state index in [-0.39, 0.29) is 19.7 Å². The van der Waals surface area contributed by atoms with E-state index in [2.05, 4.69) is 10.6 Å². The number of amides is 2. The topological polar surface area (TPSA) is 366 Å². The lowest BCUT2D eigenvalue weighted by atomic mass is 9.96. The molecule has 4 aliphatic rings. The fraction of sp³-hybridized carbons (Fsp3) is 0.906. The largest absolute Gasteiger partial charge is 0.477 e. The Morgan fingerprint density at radius 2 is 1.30 bits per heavy atom. The second-order valence-electron chi connectivity index (χ2n) is 13.6. The SMILES string of the molecule is C[C@]1(C(=O)O)OC2[C@H](OC(COC(=O)NCCNC(=O)OCCCCCSCCN)[C@@H](O[C@@H]3OC(CO)[C@H](O[C@H]4OC(CO)[C@H](O)[C@H](O)C4O)[C@H](O)C3O)[C@@H]2O)O1. The number of aliphatic hydroxyl groups excluding tert-OH is 8. The molecule has 0 aliphatic carbocycles. The second-order valence-corrected chi connectivity index (χ2v) is 14.9. The van der Waals surface area contributed by atoms with Crippen molar-refractivity contribution in [3.8, 4) is 0 Å². The number of hydrogen-bond donors (Lipinski definition) is 12. The molecule has 6 unspecified atom stereocenters. The summed E-state index contributed by atoms with van der Waals surface area (Å²) in [7, 11) is 0. The van der Waals surface area contributed by atoms with Gasteiger partial charge in [-0.1, -0.05) is 0 Å². The summed E-state index contributed by atoms with van der Waals surface area (Å²) in [5.74, 6) is -1.97.